The number of carboxylic acid groups (broad SMARTS) is 4. The van der Waals surface area contributed by atoms with Crippen molar-refractivity contribution in [2.24, 2.45) is 0 Å². The lowest BCUT2D eigenvalue weighted by Gasteiger charge is -2.18. The number of hydrogen-bond donors (Lipinski definition) is 6. The SMILES string of the molecule is Nc1ccc(Cc2cc(CN(CC(=O)O)CC(=O)O)nc(-c3n[nH]c(-c4cccc(CN(CC(=O)O)CC(=O)O)n4)n3)c2)cc1. The Bertz CT molecular complexity index is 1660. The molecular weight excluding hydrogens is 588 g/mol. The number of rotatable bonds is 16. The monoisotopic (exact) mass is 618 g/mol. The highest BCUT2D eigenvalue weighted by molar-refractivity contribution is 5.73. The number of aromatic amines is 1. The Morgan fingerprint density at radius 3 is 1.80 bits per heavy atom. The van der Waals surface area contributed by atoms with Crippen LogP contribution in [0.5, 0.6) is 0 Å². The number of nitrogen functional groups attached to an aromatic ring is 1. The van der Waals surface area contributed by atoms with E-state index < -0.39 is 50.1 Å². The number of benzene rings is 1. The highest BCUT2D eigenvalue weighted by Crippen LogP contribution is 2.22. The molecule has 234 valence electrons. The Hall–Kier alpha value is -5.74. The van der Waals surface area contributed by atoms with E-state index in [2.05, 4.69) is 25.1 Å². The largest absolute Gasteiger partial charge is 0.480 e. The molecule has 3 heterocycles. The Labute approximate surface area is 255 Å². The topological polar surface area (TPSA) is 249 Å². The summed E-state index contributed by atoms with van der Waals surface area (Å²) in [5.41, 5.74) is 9.68. The van der Waals surface area contributed by atoms with Crippen LogP contribution in [0.1, 0.15) is 22.5 Å². The summed E-state index contributed by atoms with van der Waals surface area (Å²) < 4.78 is 0. The van der Waals surface area contributed by atoms with Crippen molar-refractivity contribution in [2.75, 3.05) is 31.9 Å². The van der Waals surface area contributed by atoms with Gasteiger partial charge in [-0.05, 0) is 53.9 Å². The molecular formula is C29H30N8O8. The first-order chi connectivity index (χ1) is 21.4. The molecule has 16 heteroatoms. The third kappa shape index (κ3) is 9.91. The summed E-state index contributed by atoms with van der Waals surface area (Å²) in [4.78, 5) is 61.2. The molecule has 0 radical (unpaired) electrons. The van der Waals surface area contributed by atoms with Crippen molar-refractivity contribution in [2.45, 2.75) is 19.5 Å². The van der Waals surface area contributed by atoms with Crippen LogP contribution in [-0.4, -0.2) is 105 Å². The van der Waals surface area contributed by atoms with Crippen molar-refractivity contribution < 1.29 is 39.6 Å². The molecule has 0 atom stereocenters. The molecule has 0 saturated carbocycles. The van der Waals surface area contributed by atoms with E-state index in [1.165, 1.54) is 9.80 Å². The molecule has 0 unspecified atom stereocenters. The fourth-order valence-electron chi connectivity index (χ4n) is 4.57. The number of nitrogens with zero attached hydrogens (tertiary/aromatic N) is 6. The Morgan fingerprint density at radius 1 is 0.667 bits per heavy atom. The summed E-state index contributed by atoms with van der Waals surface area (Å²) in [6.45, 7) is -2.08. The molecule has 4 rings (SSSR count). The second kappa shape index (κ2) is 14.6. The van der Waals surface area contributed by atoms with Gasteiger partial charge in [0.05, 0.1) is 37.6 Å². The second-order valence-corrected chi connectivity index (χ2v) is 10.2. The van der Waals surface area contributed by atoms with Crippen molar-refractivity contribution in [1.29, 1.82) is 0 Å². The summed E-state index contributed by atoms with van der Waals surface area (Å²) in [5, 5.41) is 43.9. The second-order valence-electron chi connectivity index (χ2n) is 10.2. The van der Waals surface area contributed by atoms with Crippen LogP contribution >= 0.6 is 0 Å². The summed E-state index contributed by atoms with van der Waals surface area (Å²) >= 11 is 0. The van der Waals surface area contributed by atoms with E-state index in [0.717, 1.165) is 11.1 Å². The van der Waals surface area contributed by atoms with Crippen molar-refractivity contribution in [1.82, 2.24) is 34.9 Å². The van der Waals surface area contributed by atoms with Gasteiger partial charge in [-0.15, -0.1) is 0 Å². The predicted octanol–water partition coefficient (Wildman–Crippen LogP) is 1.04. The smallest absolute Gasteiger partial charge is 0.317 e. The van der Waals surface area contributed by atoms with E-state index >= 15 is 0 Å². The van der Waals surface area contributed by atoms with E-state index in [1.54, 1.807) is 42.5 Å². The van der Waals surface area contributed by atoms with Gasteiger partial charge in [0, 0.05) is 18.8 Å². The normalized spacial score (nSPS) is 11.2. The van der Waals surface area contributed by atoms with Gasteiger partial charge in [-0.2, -0.15) is 5.10 Å². The molecule has 0 aliphatic rings. The number of hydrogen-bond acceptors (Lipinski definition) is 11. The average molecular weight is 619 g/mol. The number of nitrogens with one attached hydrogen (secondary N) is 1. The molecule has 3 aromatic heterocycles. The molecule has 0 aliphatic heterocycles. The molecule has 0 fully saturated rings. The van der Waals surface area contributed by atoms with Crippen LogP contribution in [0.3, 0.4) is 0 Å². The fourth-order valence-corrected chi connectivity index (χ4v) is 4.57. The predicted molar refractivity (Wildman–Crippen MR) is 158 cm³/mol. The molecule has 45 heavy (non-hydrogen) atoms. The molecule has 16 nitrogen and oxygen atoms in total. The van der Waals surface area contributed by atoms with Crippen LogP contribution in [0.2, 0.25) is 0 Å². The van der Waals surface area contributed by atoms with E-state index in [9.17, 15) is 29.4 Å². The lowest BCUT2D eigenvalue weighted by atomic mass is 10.0. The molecule has 0 aliphatic carbocycles. The maximum Gasteiger partial charge on any atom is 0.317 e. The van der Waals surface area contributed by atoms with Crippen LogP contribution in [0.25, 0.3) is 23.0 Å². The zero-order valence-electron chi connectivity index (χ0n) is 23.8. The summed E-state index contributed by atoms with van der Waals surface area (Å²) in [6.07, 6.45) is 0.463. The van der Waals surface area contributed by atoms with E-state index in [0.29, 0.717) is 34.9 Å². The lowest BCUT2D eigenvalue weighted by molar-refractivity contribution is -0.144. The number of aromatic nitrogens is 5. The number of carboxylic acids is 4. The molecule has 0 saturated heterocycles. The van der Waals surface area contributed by atoms with Crippen LogP contribution in [-0.2, 0) is 38.7 Å². The number of anilines is 1. The number of nitrogens with two attached hydrogens (primary N) is 1. The van der Waals surface area contributed by atoms with Crippen molar-refractivity contribution in [3.63, 3.8) is 0 Å². The van der Waals surface area contributed by atoms with Crippen LogP contribution in [0.15, 0.2) is 54.6 Å². The van der Waals surface area contributed by atoms with Gasteiger partial charge in [-0.25, -0.2) is 15.0 Å². The molecule has 0 bridgehead atoms. The summed E-state index contributed by atoms with van der Waals surface area (Å²) in [5.74, 6) is -4.26. The van der Waals surface area contributed by atoms with Crippen LogP contribution in [0, 0.1) is 0 Å². The zero-order chi connectivity index (χ0) is 32.5. The number of pyridine rings is 2. The molecule has 7 N–H and O–H groups in total. The minimum absolute atomic E-state index is 0.0330. The minimum Gasteiger partial charge on any atom is -0.480 e. The standard InChI is InChI=1S/C29H30N8O8/c30-19-6-4-17(5-7-19)8-18-9-21(12-37(15-26(42)43)16-27(44)45)32-23(10-18)29-33-28(34-35-29)22-3-1-2-20(31-22)11-36(13-24(38)39)14-25(40)41/h1-7,9-10H,8,11-16,30H2,(H,38,39)(H,40,41)(H,42,43)(H,44,45)(H,33,34,35). The highest BCUT2D eigenvalue weighted by Gasteiger charge is 2.19. The third-order valence-electron chi connectivity index (χ3n) is 6.30. The Kier molecular flexibility index (Phi) is 10.5. The lowest BCUT2D eigenvalue weighted by Crippen LogP contribution is -2.34. The highest BCUT2D eigenvalue weighted by atomic mass is 16.4. The first-order valence-electron chi connectivity index (χ1n) is 13.5. The number of carbonyl (C=O) groups is 4. The van der Waals surface area contributed by atoms with Gasteiger partial charge < -0.3 is 26.2 Å². The Balaban J connectivity index is 1.65. The van der Waals surface area contributed by atoms with Gasteiger partial charge in [0.1, 0.15) is 11.4 Å². The molecule has 1 aromatic carbocycles. The van der Waals surface area contributed by atoms with Gasteiger partial charge in [0.2, 0.25) is 0 Å². The first kappa shape index (κ1) is 32.2. The van der Waals surface area contributed by atoms with E-state index in [-0.39, 0.29) is 24.7 Å². The van der Waals surface area contributed by atoms with Gasteiger partial charge in [0.15, 0.2) is 11.6 Å². The van der Waals surface area contributed by atoms with Crippen molar-refractivity contribution in [3.8, 4) is 23.0 Å². The van der Waals surface area contributed by atoms with E-state index in [1.807, 2.05) is 12.1 Å². The van der Waals surface area contributed by atoms with Crippen molar-refractivity contribution >= 4 is 29.6 Å². The van der Waals surface area contributed by atoms with Crippen molar-refractivity contribution in [3.05, 3.63) is 77.1 Å². The van der Waals surface area contributed by atoms with Gasteiger partial charge in [0.25, 0.3) is 0 Å². The Morgan fingerprint density at radius 2 is 1.22 bits per heavy atom. The zero-order valence-corrected chi connectivity index (χ0v) is 23.8. The van der Waals surface area contributed by atoms with Crippen LogP contribution < -0.4 is 5.73 Å². The van der Waals surface area contributed by atoms with E-state index in [4.69, 9.17) is 15.9 Å². The maximum atomic E-state index is 11.4. The maximum absolute atomic E-state index is 11.4. The number of aliphatic carboxylic acids is 4. The van der Waals surface area contributed by atoms with Gasteiger partial charge in [-0.3, -0.25) is 34.1 Å². The minimum atomic E-state index is -1.18. The van der Waals surface area contributed by atoms with Crippen LogP contribution in [0.4, 0.5) is 5.69 Å². The first-order valence-corrected chi connectivity index (χ1v) is 13.5. The van der Waals surface area contributed by atoms with Gasteiger partial charge in [-0.1, -0.05) is 18.2 Å². The quantitative estimate of drug-likeness (QED) is 0.0960. The molecule has 0 amide bonds. The summed E-state index contributed by atoms with van der Waals surface area (Å²) in [6, 6.07) is 15.8. The molecule has 0 spiro atoms. The third-order valence-corrected chi connectivity index (χ3v) is 6.30. The van der Waals surface area contributed by atoms with Gasteiger partial charge >= 0.3 is 23.9 Å². The molecule has 4 aromatic rings. The summed E-state index contributed by atoms with van der Waals surface area (Å²) in [7, 11) is 0. The fraction of sp³-hybridized carbons (Fsp3) is 0.241. The number of H-pyrrole nitrogens is 1. The average Bonchev–Trinajstić information content (AvgIpc) is 3.44.